The van der Waals surface area contributed by atoms with E-state index in [0.29, 0.717) is 17.8 Å². The van der Waals surface area contributed by atoms with Gasteiger partial charge in [0.15, 0.2) is 24.1 Å². The Morgan fingerprint density at radius 2 is 1.05 bits per heavy atom. The summed E-state index contributed by atoms with van der Waals surface area (Å²) >= 11 is 0. The molecule has 4 aliphatic rings. The molecule has 0 amide bonds. The number of hydrogen-bond acceptors (Lipinski definition) is 8. The summed E-state index contributed by atoms with van der Waals surface area (Å²) in [5.41, 5.74) is 5.54. The Morgan fingerprint density at radius 3 is 1.47 bits per heavy atom. The molecule has 2 heterocycles. The fourth-order valence-electron chi connectivity index (χ4n) is 7.54. The fraction of sp³-hybridized carbons (Fsp3) is 0.480. The van der Waals surface area contributed by atoms with Crippen LogP contribution in [0.2, 0.25) is 0 Å². The van der Waals surface area contributed by atoms with Gasteiger partial charge in [-0.05, 0) is 50.5 Å². The first-order valence-electron chi connectivity index (χ1n) is 21.7. The van der Waals surface area contributed by atoms with Crippen molar-refractivity contribution in [1.82, 2.24) is 10.6 Å². The van der Waals surface area contributed by atoms with Gasteiger partial charge in [0.25, 0.3) is 0 Å². The third-order valence-corrected chi connectivity index (χ3v) is 11.2. The van der Waals surface area contributed by atoms with Crippen LogP contribution < -0.4 is 10.6 Å². The molecule has 0 spiro atoms. The maximum atomic E-state index is 14.2. The molecular formula is C50H64F6MnN2O6P-. The van der Waals surface area contributed by atoms with Crippen molar-refractivity contribution in [3.63, 3.8) is 0 Å². The van der Waals surface area contributed by atoms with Gasteiger partial charge in [0.05, 0.1) is 25.3 Å². The molecule has 6 atom stereocenters. The fourth-order valence-corrected chi connectivity index (χ4v) is 7.54. The van der Waals surface area contributed by atoms with E-state index in [1.165, 1.54) is 0 Å². The molecular weight excluding hydrogens is 924 g/mol. The van der Waals surface area contributed by atoms with E-state index in [1.807, 2.05) is 79.0 Å². The van der Waals surface area contributed by atoms with Gasteiger partial charge in [-0.3, -0.25) is 9.59 Å². The van der Waals surface area contributed by atoms with Crippen LogP contribution in [0.3, 0.4) is 0 Å². The second kappa shape index (κ2) is 19.3. The Labute approximate surface area is 396 Å². The van der Waals surface area contributed by atoms with Crippen molar-refractivity contribution in [3.05, 3.63) is 142 Å². The predicted molar refractivity (Wildman–Crippen MR) is 244 cm³/mol. The van der Waals surface area contributed by atoms with E-state index in [0.717, 1.165) is 33.4 Å². The largest absolute Gasteiger partial charge is 0 e. The SMILES string of the molecule is CC(C)(C)C1=C/C(=C/N[C@@H]2[C@@H](N/C=C3/C=C(C(C)(C)C)C=C(C(C)(C)C)C3=O)[C@@H](OCc3ccccc3)O[C@@H]3COC(c4ccccc4)O[C@@H]23)C(=O)C(C(C)(C)C)=C1.F[P-](F)(F)(F)(F)F.[Mn]. The molecule has 0 aromatic heterocycles. The van der Waals surface area contributed by atoms with Crippen molar-refractivity contribution in [1.29, 1.82) is 0 Å². The van der Waals surface area contributed by atoms with E-state index < -0.39 is 44.7 Å². The molecule has 6 rings (SSSR count). The first kappa shape index (κ1) is 54.8. The summed E-state index contributed by atoms with van der Waals surface area (Å²) in [5, 5.41) is 7.31. The second-order valence-electron chi connectivity index (χ2n) is 21.0. The van der Waals surface area contributed by atoms with Gasteiger partial charge in [-0.25, -0.2) is 0 Å². The Morgan fingerprint density at radius 1 is 0.621 bits per heavy atom. The molecule has 1 radical (unpaired) electrons. The Hall–Kier alpha value is -3.81. The van der Waals surface area contributed by atoms with Crippen LogP contribution in [0.1, 0.15) is 101 Å². The number of carbonyl (C=O) groups excluding carboxylic acids is 2. The summed E-state index contributed by atoms with van der Waals surface area (Å²) in [4.78, 5) is 28.4. The van der Waals surface area contributed by atoms with Gasteiger partial charge < -0.3 is 29.6 Å². The van der Waals surface area contributed by atoms with E-state index in [-0.39, 0.29) is 56.9 Å². The Bertz CT molecular complexity index is 2270. The smallest absolute Gasteiger partial charge is 0 e. The van der Waals surface area contributed by atoms with E-state index in [9.17, 15) is 34.8 Å². The van der Waals surface area contributed by atoms with Crippen molar-refractivity contribution in [2.75, 3.05) is 6.61 Å². The molecule has 2 aromatic rings. The molecule has 1 unspecified atom stereocenters. The number of ketones is 2. The van der Waals surface area contributed by atoms with Crippen molar-refractivity contribution in [2.45, 2.75) is 127 Å². The van der Waals surface area contributed by atoms with Crippen LogP contribution in [0.5, 0.6) is 0 Å². The molecule has 16 heteroatoms. The number of rotatable bonds is 8. The Kier molecular flexibility index (Phi) is 16.0. The zero-order valence-electron chi connectivity index (χ0n) is 39.7. The molecule has 66 heavy (non-hydrogen) atoms. The molecule has 365 valence electrons. The molecule has 8 nitrogen and oxygen atoms in total. The topological polar surface area (TPSA) is 95.1 Å². The van der Waals surface area contributed by atoms with Crippen LogP contribution in [0.4, 0.5) is 25.2 Å². The van der Waals surface area contributed by atoms with E-state index in [2.05, 4.69) is 106 Å². The number of nitrogens with one attached hydrogen (secondary N) is 2. The minimum absolute atomic E-state index is 0. The van der Waals surface area contributed by atoms with Crippen molar-refractivity contribution < 1.29 is 70.8 Å². The standard InChI is InChI=1S/C50H64N2O6.F6P.Mn/c1-47(2,3)35-23-33(42(53)37(25-35)49(7,8)9)27-51-40-41(52-28-34-24-36(48(4,5)6)26-38(43(34)54)50(10,11)12)46(55-29-31-19-15-13-16-20-31)57-39-30-56-45(58-44(39)40)32-21-17-14-18-22-32;1-7(2,3,4,5)6;/h13-28,39-41,44-46,51-52H,29-30H2,1-12H3;;/q;-1;/b33-27-,34-28-;;/t39-,40-,41-,44-,45?,46+;;/m1../s1. The van der Waals surface area contributed by atoms with Crippen molar-refractivity contribution in [2.24, 2.45) is 21.7 Å². The number of hydrogen-bond donors (Lipinski definition) is 2. The number of carbonyl (C=O) groups is 2. The number of benzene rings is 2. The summed E-state index contributed by atoms with van der Waals surface area (Å²) in [7, 11) is -10.7. The van der Waals surface area contributed by atoms with Crippen LogP contribution in [-0.2, 0) is 52.2 Å². The van der Waals surface area contributed by atoms with Gasteiger partial charge in [0.2, 0.25) is 0 Å². The predicted octanol–water partition coefficient (Wildman–Crippen LogP) is 13.2. The number of fused-ring (bicyclic) bond motifs is 1. The number of halogens is 6. The van der Waals surface area contributed by atoms with Crippen molar-refractivity contribution in [3.8, 4) is 0 Å². The normalized spacial score (nSPS) is 26.5. The first-order chi connectivity index (χ1) is 29.6. The molecule has 2 aromatic carbocycles. The first-order valence-corrected chi connectivity index (χ1v) is 23.7. The minimum Gasteiger partial charge on any atom is 0 e. The molecule has 2 saturated heterocycles. The van der Waals surface area contributed by atoms with Crippen LogP contribution in [-0.4, -0.2) is 48.8 Å². The Balaban J connectivity index is 0.00000110. The number of ether oxygens (including phenoxy) is 4. The summed E-state index contributed by atoms with van der Waals surface area (Å²) in [5.74, 6) is -0.0547. The van der Waals surface area contributed by atoms with Gasteiger partial charge in [-0.15, -0.1) is 0 Å². The zero-order chi connectivity index (χ0) is 48.6. The second-order valence-corrected chi connectivity index (χ2v) is 22.9. The maximum absolute atomic E-state index is 14.2. The van der Waals surface area contributed by atoms with Crippen LogP contribution in [0.25, 0.3) is 0 Å². The van der Waals surface area contributed by atoms with E-state index in [4.69, 9.17) is 18.9 Å². The number of allylic oxidation sites excluding steroid dienone is 10. The third kappa shape index (κ3) is 15.6. The average molecular weight is 989 g/mol. The van der Waals surface area contributed by atoms with Crippen LogP contribution in [0, 0.1) is 21.7 Å². The van der Waals surface area contributed by atoms with Gasteiger partial charge >= 0.3 is 33.0 Å². The summed E-state index contributed by atoms with van der Waals surface area (Å²) in [6.45, 7) is 25.9. The van der Waals surface area contributed by atoms with Crippen LogP contribution in [0.15, 0.2) is 131 Å². The van der Waals surface area contributed by atoms with Gasteiger partial charge in [0.1, 0.15) is 12.2 Å². The molecule has 2 N–H and O–H groups in total. The summed E-state index contributed by atoms with van der Waals surface area (Å²) in [6.07, 6.45) is 9.23. The monoisotopic (exact) mass is 988 g/mol. The number of Topliss-reactive ketones (excluding diaryl/α,β-unsaturated/α-hetero) is 2. The van der Waals surface area contributed by atoms with Gasteiger partial charge in [-0.2, -0.15) is 0 Å². The zero-order valence-corrected chi connectivity index (χ0v) is 41.7. The van der Waals surface area contributed by atoms with E-state index >= 15 is 0 Å². The molecule has 2 fully saturated rings. The third-order valence-electron chi connectivity index (χ3n) is 11.2. The minimum atomic E-state index is -10.7. The molecule has 0 bridgehead atoms. The average Bonchev–Trinajstić information content (AvgIpc) is 3.17. The maximum Gasteiger partial charge on any atom is 0 e. The van der Waals surface area contributed by atoms with Crippen LogP contribution >= 0.6 is 7.81 Å². The quantitative estimate of drug-likeness (QED) is 0.117. The van der Waals surface area contributed by atoms with Gasteiger partial charge in [-0.1, -0.05) is 156 Å². The summed E-state index contributed by atoms with van der Waals surface area (Å²) < 4.78 is 85.7. The molecule has 0 saturated carbocycles. The molecule has 2 aliphatic carbocycles. The van der Waals surface area contributed by atoms with Gasteiger partial charge in [0, 0.05) is 57.3 Å². The van der Waals surface area contributed by atoms with Crippen molar-refractivity contribution >= 4 is 19.4 Å². The molecule has 2 aliphatic heterocycles. The van der Waals surface area contributed by atoms with E-state index in [1.54, 1.807) is 6.20 Å². The summed E-state index contributed by atoms with van der Waals surface area (Å²) in [6, 6.07) is 18.7.